The third kappa shape index (κ3) is 2.98. The van der Waals surface area contributed by atoms with Crippen LogP contribution in [0.1, 0.15) is 36.5 Å². The van der Waals surface area contributed by atoms with Crippen LogP contribution in [-0.4, -0.2) is 25.8 Å². The molecule has 0 unspecified atom stereocenters. The molecule has 0 saturated carbocycles. The maximum absolute atomic E-state index is 4.48. The van der Waals surface area contributed by atoms with Gasteiger partial charge in [-0.05, 0) is 26.3 Å². The van der Waals surface area contributed by atoms with Gasteiger partial charge in [0.1, 0.15) is 0 Å². The summed E-state index contributed by atoms with van der Waals surface area (Å²) in [6, 6.07) is 0.445. The van der Waals surface area contributed by atoms with Gasteiger partial charge in [0.25, 0.3) is 0 Å². The van der Waals surface area contributed by atoms with Crippen LogP contribution < -0.4 is 5.32 Å². The quantitative estimate of drug-likeness (QED) is 0.913. The molecule has 2 aromatic rings. The molecule has 0 bridgehead atoms. The van der Waals surface area contributed by atoms with E-state index >= 15 is 0 Å². The third-order valence-electron chi connectivity index (χ3n) is 3.25. The molecule has 2 rings (SSSR count). The predicted octanol–water partition coefficient (Wildman–Crippen LogP) is 2.09. The highest BCUT2D eigenvalue weighted by Crippen LogP contribution is 2.14. The lowest BCUT2D eigenvalue weighted by atomic mass is 10.2. The minimum Gasteiger partial charge on any atom is -0.309 e. The number of hydrogen-bond donors (Lipinski definition) is 1. The summed E-state index contributed by atoms with van der Waals surface area (Å²) in [6.07, 6.45) is 3.58. The van der Waals surface area contributed by atoms with Crippen molar-refractivity contribution in [2.75, 3.05) is 0 Å². The van der Waals surface area contributed by atoms with Gasteiger partial charge in [-0.2, -0.15) is 5.10 Å². The van der Waals surface area contributed by atoms with E-state index in [0.29, 0.717) is 6.04 Å². The number of aromatic nitrogens is 4. The lowest BCUT2D eigenvalue weighted by Gasteiger charge is -2.08. The molecular formula is C14H21N5. The number of rotatable bonds is 4. The molecule has 2 heterocycles. The van der Waals surface area contributed by atoms with Gasteiger partial charge >= 0.3 is 0 Å². The molecule has 0 aliphatic heterocycles. The van der Waals surface area contributed by atoms with Crippen molar-refractivity contribution in [1.82, 2.24) is 25.1 Å². The standard InChI is InChI=1S/C14H21N5/c1-9(2)15-6-13-7-17-14(8-16-13)19-12(5)10(3)11(4)18-19/h7-9,15H,6H2,1-5H3. The van der Waals surface area contributed by atoms with E-state index in [2.05, 4.69) is 41.2 Å². The highest BCUT2D eigenvalue weighted by atomic mass is 15.3. The SMILES string of the molecule is Cc1nn(-c2cnc(CNC(C)C)cn2)c(C)c1C. The zero-order chi connectivity index (χ0) is 14.0. The highest BCUT2D eigenvalue weighted by Gasteiger charge is 2.10. The van der Waals surface area contributed by atoms with E-state index in [-0.39, 0.29) is 0 Å². The molecular weight excluding hydrogens is 238 g/mol. The average molecular weight is 259 g/mol. The fraction of sp³-hybridized carbons (Fsp3) is 0.500. The van der Waals surface area contributed by atoms with Crippen LogP contribution in [-0.2, 0) is 6.54 Å². The molecule has 0 radical (unpaired) electrons. The largest absolute Gasteiger partial charge is 0.309 e. The summed E-state index contributed by atoms with van der Waals surface area (Å²) in [4.78, 5) is 8.86. The molecule has 0 amide bonds. The second kappa shape index (κ2) is 5.48. The minimum absolute atomic E-state index is 0.445. The summed E-state index contributed by atoms with van der Waals surface area (Å²) >= 11 is 0. The predicted molar refractivity (Wildman–Crippen MR) is 75.3 cm³/mol. The Bertz CT molecular complexity index is 554. The lowest BCUT2D eigenvalue weighted by Crippen LogP contribution is -2.22. The number of aryl methyl sites for hydroxylation is 1. The van der Waals surface area contributed by atoms with Crippen molar-refractivity contribution in [3.8, 4) is 5.82 Å². The van der Waals surface area contributed by atoms with Crippen LogP contribution in [0.4, 0.5) is 0 Å². The molecule has 0 saturated heterocycles. The van der Waals surface area contributed by atoms with Gasteiger partial charge in [-0.15, -0.1) is 0 Å². The van der Waals surface area contributed by atoms with Crippen molar-refractivity contribution in [2.24, 2.45) is 0 Å². The van der Waals surface area contributed by atoms with Gasteiger partial charge in [0.15, 0.2) is 5.82 Å². The minimum atomic E-state index is 0.445. The van der Waals surface area contributed by atoms with E-state index in [1.54, 1.807) is 12.4 Å². The maximum atomic E-state index is 4.48. The van der Waals surface area contributed by atoms with E-state index in [0.717, 1.165) is 29.4 Å². The van der Waals surface area contributed by atoms with Crippen LogP contribution in [0.5, 0.6) is 0 Å². The van der Waals surface area contributed by atoms with E-state index < -0.39 is 0 Å². The zero-order valence-corrected chi connectivity index (χ0v) is 12.2. The van der Waals surface area contributed by atoms with Gasteiger partial charge in [-0.25, -0.2) is 9.67 Å². The van der Waals surface area contributed by atoms with Gasteiger partial charge in [0.05, 0.1) is 23.8 Å². The number of hydrogen-bond acceptors (Lipinski definition) is 4. The van der Waals surface area contributed by atoms with E-state index in [1.165, 1.54) is 5.56 Å². The first-order valence-corrected chi connectivity index (χ1v) is 6.56. The Balaban J connectivity index is 2.20. The number of nitrogens with one attached hydrogen (secondary N) is 1. The molecule has 5 nitrogen and oxygen atoms in total. The second-order valence-electron chi connectivity index (χ2n) is 5.11. The van der Waals surface area contributed by atoms with Crippen molar-refractivity contribution >= 4 is 0 Å². The van der Waals surface area contributed by atoms with Crippen molar-refractivity contribution in [3.05, 3.63) is 35.0 Å². The summed E-state index contributed by atoms with van der Waals surface area (Å²) in [6.45, 7) is 11.1. The maximum Gasteiger partial charge on any atom is 0.172 e. The van der Waals surface area contributed by atoms with Crippen molar-refractivity contribution < 1.29 is 0 Å². The molecule has 19 heavy (non-hydrogen) atoms. The fourth-order valence-corrected chi connectivity index (χ4v) is 1.80. The van der Waals surface area contributed by atoms with Gasteiger partial charge in [-0.3, -0.25) is 4.98 Å². The Kier molecular flexibility index (Phi) is 3.95. The van der Waals surface area contributed by atoms with Crippen LogP contribution in [0.15, 0.2) is 12.4 Å². The molecule has 0 atom stereocenters. The Hall–Kier alpha value is -1.75. The Morgan fingerprint density at radius 3 is 2.37 bits per heavy atom. The third-order valence-corrected chi connectivity index (χ3v) is 3.25. The first-order chi connectivity index (χ1) is 8.99. The molecule has 0 aromatic carbocycles. The van der Waals surface area contributed by atoms with E-state index in [4.69, 9.17) is 0 Å². The van der Waals surface area contributed by atoms with Crippen molar-refractivity contribution in [2.45, 2.75) is 47.2 Å². The van der Waals surface area contributed by atoms with Gasteiger partial charge in [-0.1, -0.05) is 13.8 Å². The van der Waals surface area contributed by atoms with Crippen molar-refractivity contribution in [3.63, 3.8) is 0 Å². The first-order valence-electron chi connectivity index (χ1n) is 6.56. The lowest BCUT2D eigenvalue weighted by molar-refractivity contribution is 0.579. The van der Waals surface area contributed by atoms with Crippen LogP contribution in [0.2, 0.25) is 0 Å². The molecule has 5 heteroatoms. The molecule has 0 aliphatic carbocycles. The molecule has 0 aliphatic rings. The first kappa shape index (κ1) is 13.7. The highest BCUT2D eigenvalue weighted by molar-refractivity contribution is 5.30. The van der Waals surface area contributed by atoms with Crippen LogP contribution in [0.25, 0.3) is 5.82 Å². The van der Waals surface area contributed by atoms with Gasteiger partial charge in [0, 0.05) is 18.3 Å². The monoisotopic (exact) mass is 259 g/mol. The van der Waals surface area contributed by atoms with Crippen molar-refractivity contribution in [1.29, 1.82) is 0 Å². The molecule has 0 spiro atoms. The van der Waals surface area contributed by atoms with Gasteiger partial charge < -0.3 is 5.32 Å². The Labute approximate surface area is 114 Å². The molecule has 102 valence electrons. The Morgan fingerprint density at radius 2 is 1.89 bits per heavy atom. The normalized spacial score (nSPS) is 11.3. The fourth-order valence-electron chi connectivity index (χ4n) is 1.80. The van der Waals surface area contributed by atoms with Gasteiger partial charge in [0.2, 0.25) is 0 Å². The summed E-state index contributed by atoms with van der Waals surface area (Å²) in [5.74, 6) is 0.766. The summed E-state index contributed by atoms with van der Waals surface area (Å²) in [5, 5.41) is 7.80. The zero-order valence-electron chi connectivity index (χ0n) is 12.2. The molecule has 2 aromatic heterocycles. The summed E-state index contributed by atoms with van der Waals surface area (Å²) < 4.78 is 1.84. The summed E-state index contributed by atoms with van der Waals surface area (Å²) in [7, 11) is 0. The summed E-state index contributed by atoms with van der Waals surface area (Å²) in [5.41, 5.74) is 4.28. The van der Waals surface area contributed by atoms with Crippen LogP contribution in [0.3, 0.4) is 0 Å². The molecule has 1 N–H and O–H groups in total. The second-order valence-corrected chi connectivity index (χ2v) is 5.11. The van der Waals surface area contributed by atoms with Crippen LogP contribution in [0, 0.1) is 20.8 Å². The van der Waals surface area contributed by atoms with Crippen LogP contribution >= 0.6 is 0 Å². The average Bonchev–Trinajstić information content (AvgIpc) is 2.65. The topological polar surface area (TPSA) is 55.6 Å². The molecule has 0 fully saturated rings. The van der Waals surface area contributed by atoms with E-state index in [9.17, 15) is 0 Å². The number of nitrogens with zero attached hydrogens (tertiary/aromatic N) is 4. The smallest absolute Gasteiger partial charge is 0.172 e. The van der Waals surface area contributed by atoms with E-state index in [1.807, 2.05) is 18.5 Å². The Morgan fingerprint density at radius 1 is 1.16 bits per heavy atom.